The first kappa shape index (κ1) is 15.7. The molecule has 0 spiro atoms. The molecule has 1 aromatic heterocycles. The Morgan fingerprint density at radius 2 is 2.04 bits per heavy atom. The zero-order chi connectivity index (χ0) is 16.2. The Labute approximate surface area is 140 Å². The molecule has 1 fully saturated rings. The first-order valence-corrected chi connectivity index (χ1v) is 8.72. The van der Waals surface area contributed by atoms with Crippen LogP contribution in [-0.4, -0.2) is 35.3 Å². The largest absolute Gasteiger partial charge is 0.339 e. The van der Waals surface area contributed by atoms with Crippen LogP contribution in [0.5, 0.6) is 0 Å². The fraction of sp³-hybridized carbons (Fsp3) is 0.333. The number of carbonyl (C=O) groups is 2. The van der Waals surface area contributed by atoms with Crippen LogP contribution in [0.15, 0.2) is 47.8 Å². The van der Waals surface area contributed by atoms with E-state index in [1.54, 1.807) is 6.07 Å². The summed E-state index contributed by atoms with van der Waals surface area (Å²) in [5, 5.41) is 4.78. The van der Waals surface area contributed by atoms with Crippen molar-refractivity contribution in [1.29, 1.82) is 0 Å². The Morgan fingerprint density at radius 1 is 1.26 bits per heavy atom. The monoisotopic (exact) mass is 328 g/mol. The van der Waals surface area contributed by atoms with Crippen molar-refractivity contribution in [2.45, 2.75) is 31.8 Å². The molecule has 4 nitrogen and oxygen atoms in total. The zero-order valence-corrected chi connectivity index (χ0v) is 13.9. The van der Waals surface area contributed by atoms with Gasteiger partial charge in [0.1, 0.15) is 6.04 Å². The van der Waals surface area contributed by atoms with Gasteiger partial charge in [0.15, 0.2) is 0 Å². The summed E-state index contributed by atoms with van der Waals surface area (Å²) in [4.78, 5) is 27.6. The molecule has 0 radical (unpaired) electrons. The quantitative estimate of drug-likeness (QED) is 0.917. The van der Waals surface area contributed by atoms with Crippen LogP contribution >= 0.6 is 11.3 Å². The topological polar surface area (TPSA) is 49.4 Å². The third kappa shape index (κ3) is 3.62. The van der Waals surface area contributed by atoms with Crippen LogP contribution in [0.4, 0.5) is 0 Å². The molecule has 2 aromatic rings. The van der Waals surface area contributed by atoms with E-state index in [-0.39, 0.29) is 17.9 Å². The lowest BCUT2D eigenvalue weighted by atomic mass is 9.99. The first-order valence-electron chi connectivity index (χ1n) is 7.84. The van der Waals surface area contributed by atoms with E-state index in [0.29, 0.717) is 11.3 Å². The Balaban J connectivity index is 1.75. The van der Waals surface area contributed by atoms with Crippen molar-refractivity contribution < 1.29 is 9.59 Å². The molecule has 2 heterocycles. The minimum atomic E-state index is -0.519. The molecule has 0 saturated carbocycles. The summed E-state index contributed by atoms with van der Waals surface area (Å²) < 4.78 is 0. The highest BCUT2D eigenvalue weighted by Crippen LogP contribution is 2.19. The smallest absolute Gasteiger partial charge is 0.262 e. The number of benzene rings is 1. The van der Waals surface area contributed by atoms with Crippen LogP contribution in [0.25, 0.3) is 0 Å². The predicted octanol–water partition coefficient (Wildman–Crippen LogP) is 2.71. The van der Waals surface area contributed by atoms with Gasteiger partial charge in [0.25, 0.3) is 5.91 Å². The third-order valence-electron chi connectivity index (χ3n) is 4.23. The SMILES string of the molecule is CC1CCN1C(=O)C(Cc1ccccc1)NC(=O)c1cccs1. The molecule has 1 aliphatic heterocycles. The minimum Gasteiger partial charge on any atom is -0.339 e. The van der Waals surface area contributed by atoms with E-state index in [0.717, 1.165) is 18.5 Å². The van der Waals surface area contributed by atoms with E-state index in [1.807, 2.05) is 53.6 Å². The standard InChI is InChI=1S/C18H20N2O2S/c1-13-9-10-20(13)18(22)15(12-14-6-3-2-4-7-14)19-17(21)16-8-5-11-23-16/h2-8,11,13,15H,9-10,12H2,1H3,(H,19,21). The van der Waals surface area contributed by atoms with E-state index in [1.165, 1.54) is 11.3 Å². The molecule has 1 aliphatic rings. The van der Waals surface area contributed by atoms with Gasteiger partial charge in [-0.05, 0) is 30.4 Å². The van der Waals surface area contributed by atoms with Crippen LogP contribution in [0.3, 0.4) is 0 Å². The summed E-state index contributed by atoms with van der Waals surface area (Å²) in [6.07, 6.45) is 1.54. The van der Waals surface area contributed by atoms with Crippen molar-refractivity contribution >= 4 is 23.2 Å². The van der Waals surface area contributed by atoms with Crippen LogP contribution < -0.4 is 5.32 Å². The normalized spacial score (nSPS) is 18.1. The van der Waals surface area contributed by atoms with Crippen molar-refractivity contribution in [3.05, 3.63) is 58.3 Å². The highest BCUT2D eigenvalue weighted by atomic mass is 32.1. The number of hydrogen-bond acceptors (Lipinski definition) is 3. The summed E-state index contributed by atoms with van der Waals surface area (Å²) in [5.74, 6) is -0.167. The average molecular weight is 328 g/mol. The number of amides is 2. The maximum absolute atomic E-state index is 12.8. The van der Waals surface area contributed by atoms with Crippen molar-refractivity contribution in [3.63, 3.8) is 0 Å². The number of rotatable bonds is 5. The second kappa shape index (κ2) is 6.96. The van der Waals surface area contributed by atoms with Gasteiger partial charge >= 0.3 is 0 Å². The van der Waals surface area contributed by atoms with Gasteiger partial charge in [-0.1, -0.05) is 36.4 Å². The molecule has 120 valence electrons. The van der Waals surface area contributed by atoms with E-state index < -0.39 is 6.04 Å². The second-order valence-corrected chi connectivity index (χ2v) is 6.81. The van der Waals surface area contributed by atoms with Gasteiger partial charge in [0, 0.05) is 19.0 Å². The van der Waals surface area contributed by atoms with Crippen LogP contribution in [-0.2, 0) is 11.2 Å². The minimum absolute atomic E-state index is 0.0116. The highest BCUT2D eigenvalue weighted by Gasteiger charge is 2.34. The van der Waals surface area contributed by atoms with Gasteiger partial charge in [-0.3, -0.25) is 9.59 Å². The zero-order valence-electron chi connectivity index (χ0n) is 13.1. The van der Waals surface area contributed by atoms with Crippen LogP contribution in [0, 0.1) is 0 Å². The first-order chi connectivity index (χ1) is 11.1. The molecular formula is C18H20N2O2S. The molecule has 1 saturated heterocycles. The Morgan fingerprint density at radius 3 is 2.61 bits per heavy atom. The molecule has 0 bridgehead atoms. The Kier molecular flexibility index (Phi) is 4.76. The Hall–Kier alpha value is -2.14. The lowest BCUT2D eigenvalue weighted by molar-refractivity contribution is -0.140. The van der Waals surface area contributed by atoms with Crippen LogP contribution in [0.2, 0.25) is 0 Å². The lowest BCUT2D eigenvalue weighted by Gasteiger charge is -2.40. The second-order valence-electron chi connectivity index (χ2n) is 5.86. The maximum Gasteiger partial charge on any atom is 0.262 e. The van der Waals surface area contributed by atoms with E-state index in [4.69, 9.17) is 0 Å². The fourth-order valence-corrected chi connectivity index (χ4v) is 3.36. The molecular weight excluding hydrogens is 308 g/mol. The Bertz CT molecular complexity index is 670. The average Bonchev–Trinajstić information content (AvgIpc) is 3.08. The number of hydrogen-bond donors (Lipinski definition) is 1. The molecule has 1 N–H and O–H groups in total. The highest BCUT2D eigenvalue weighted by molar-refractivity contribution is 7.12. The number of thiophene rings is 1. The van der Waals surface area contributed by atoms with Gasteiger partial charge in [-0.25, -0.2) is 0 Å². The molecule has 1 aromatic carbocycles. The van der Waals surface area contributed by atoms with Gasteiger partial charge in [-0.2, -0.15) is 0 Å². The van der Waals surface area contributed by atoms with Crippen molar-refractivity contribution in [3.8, 4) is 0 Å². The van der Waals surface area contributed by atoms with E-state index in [2.05, 4.69) is 5.32 Å². The fourth-order valence-electron chi connectivity index (χ4n) is 2.73. The molecule has 23 heavy (non-hydrogen) atoms. The van der Waals surface area contributed by atoms with Crippen molar-refractivity contribution in [2.75, 3.05) is 6.54 Å². The van der Waals surface area contributed by atoms with Gasteiger partial charge in [0.2, 0.25) is 5.91 Å². The molecule has 3 rings (SSSR count). The summed E-state index contributed by atoms with van der Waals surface area (Å²) >= 11 is 1.38. The number of carbonyl (C=O) groups excluding carboxylic acids is 2. The summed E-state index contributed by atoms with van der Waals surface area (Å²) in [6.45, 7) is 2.82. The maximum atomic E-state index is 12.8. The van der Waals surface area contributed by atoms with E-state index in [9.17, 15) is 9.59 Å². The van der Waals surface area contributed by atoms with Crippen molar-refractivity contribution in [2.24, 2.45) is 0 Å². The predicted molar refractivity (Wildman–Crippen MR) is 91.5 cm³/mol. The summed E-state index contributed by atoms with van der Waals surface area (Å²) in [5.41, 5.74) is 1.05. The number of nitrogens with one attached hydrogen (secondary N) is 1. The molecule has 0 aliphatic carbocycles. The molecule has 2 atom stereocenters. The molecule has 2 unspecified atom stereocenters. The van der Waals surface area contributed by atoms with Gasteiger partial charge in [-0.15, -0.1) is 11.3 Å². The van der Waals surface area contributed by atoms with Gasteiger partial charge in [0.05, 0.1) is 4.88 Å². The lowest BCUT2D eigenvalue weighted by Crippen LogP contribution is -2.57. The summed E-state index contributed by atoms with van der Waals surface area (Å²) in [6, 6.07) is 13.2. The van der Waals surface area contributed by atoms with E-state index >= 15 is 0 Å². The van der Waals surface area contributed by atoms with Gasteiger partial charge < -0.3 is 10.2 Å². The van der Waals surface area contributed by atoms with Crippen molar-refractivity contribution in [1.82, 2.24) is 10.2 Å². The van der Waals surface area contributed by atoms with Crippen LogP contribution in [0.1, 0.15) is 28.6 Å². The molecule has 2 amide bonds. The third-order valence-corrected chi connectivity index (χ3v) is 5.10. The summed E-state index contributed by atoms with van der Waals surface area (Å²) in [7, 11) is 0. The number of likely N-dealkylation sites (tertiary alicyclic amines) is 1. The molecule has 5 heteroatoms. The number of nitrogens with zero attached hydrogens (tertiary/aromatic N) is 1.